The highest BCUT2D eigenvalue weighted by molar-refractivity contribution is 5.81. The summed E-state index contributed by atoms with van der Waals surface area (Å²) < 4.78 is 35.7. The molecule has 1 nitrogen and oxygen atoms in total. The van der Waals surface area contributed by atoms with Crippen molar-refractivity contribution in [3.05, 3.63) is 0 Å². The van der Waals surface area contributed by atoms with E-state index in [1.807, 2.05) is 0 Å². The Bertz CT molecular complexity index is 222. The molecule has 0 spiro atoms. The molecule has 2 atom stereocenters. The number of hydrogen-bond donors (Lipinski definition) is 0. The van der Waals surface area contributed by atoms with E-state index in [9.17, 15) is 18.0 Å². The molecule has 0 aromatic heterocycles. The van der Waals surface area contributed by atoms with Gasteiger partial charge in [-0.3, -0.25) is 4.79 Å². The fourth-order valence-corrected chi connectivity index (χ4v) is 2.21. The van der Waals surface area contributed by atoms with Crippen LogP contribution in [-0.2, 0) is 4.79 Å². The van der Waals surface area contributed by atoms with Gasteiger partial charge in [0.15, 0.2) is 0 Å². The first-order valence-corrected chi connectivity index (χ1v) is 5.52. The monoisotopic (exact) mass is 222 g/mol. The summed E-state index contributed by atoms with van der Waals surface area (Å²) in [5.41, 5.74) is 0. The van der Waals surface area contributed by atoms with Crippen LogP contribution in [0.1, 0.15) is 45.4 Å². The third kappa shape index (κ3) is 4.22. The van der Waals surface area contributed by atoms with Crippen LogP contribution in [-0.4, -0.2) is 12.0 Å². The number of rotatable bonds is 4. The number of halogens is 3. The van der Waals surface area contributed by atoms with Crippen molar-refractivity contribution in [1.82, 2.24) is 0 Å². The SMILES string of the molecule is CCC1CCC(C(=O)CCC(F)(F)F)C1. The summed E-state index contributed by atoms with van der Waals surface area (Å²) >= 11 is 0. The van der Waals surface area contributed by atoms with Crippen LogP contribution in [0.15, 0.2) is 0 Å². The van der Waals surface area contributed by atoms with Crippen LogP contribution in [0, 0.1) is 11.8 Å². The first-order chi connectivity index (χ1) is 6.92. The minimum Gasteiger partial charge on any atom is -0.299 e. The molecule has 0 aliphatic heterocycles. The zero-order valence-electron chi connectivity index (χ0n) is 8.94. The van der Waals surface area contributed by atoms with E-state index in [1.54, 1.807) is 0 Å². The fraction of sp³-hybridized carbons (Fsp3) is 0.909. The van der Waals surface area contributed by atoms with Crippen molar-refractivity contribution in [2.45, 2.75) is 51.6 Å². The Morgan fingerprint density at radius 2 is 2.00 bits per heavy atom. The predicted octanol–water partition coefficient (Wildman–Crippen LogP) is 3.72. The highest BCUT2D eigenvalue weighted by Crippen LogP contribution is 2.35. The van der Waals surface area contributed by atoms with Gasteiger partial charge in [-0.05, 0) is 25.2 Å². The van der Waals surface area contributed by atoms with Gasteiger partial charge in [0.1, 0.15) is 5.78 Å². The Balaban J connectivity index is 2.30. The summed E-state index contributed by atoms with van der Waals surface area (Å²) in [6.45, 7) is 2.06. The van der Waals surface area contributed by atoms with Crippen molar-refractivity contribution in [3.8, 4) is 0 Å². The maximum Gasteiger partial charge on any atom is 0.389 e. The molecule has 1 saturated carbocycles. The van der Waals surface area contributed by atoms with Crippen LogP contribution in [0.3, 0.4) is 0 Å². The summed E-state index contributed by atoms with van der Waals surface area (Å²) in [5.74, 6) is 0.255. The molecule has 0 aromatic carbocycles. The van der Waals surface area contributed by atoms with Crippen LogP contribution in [0.5, 0.6) is 0 Å². The fourth-order valence-electron chi connectivity index (χ4n) is 2.21. The lowest BCUT2D eigenvalue weighted by Crippen LogP contribution is -2.16. The number of carbonyl (C=O) groups is 1. The van der Waals surface area contributed by atoms with E-state index in [0.29, 0.717) is 5.92 Å². The molecular formula is C11H17F3O. The standard InChI is InChI=1S/C11H17F3O/c1-2-8-3-4-9(7-8)10(15)5-6-11(12,13)14/h8-9H,2-7H2,1H3. The van der Waals surface area contributed by atoms with Crippen LogP contribution >= 0.6 is 0 Å². The number of Topliss-reactive ketones (excluding diaryl/α,β-unsaturated/α-hetero) is 1. The molecule has 1 aliphatic rings. The van der Waals surface area contributed by atoms with Crippen LogP contribution in [0.4, 0.5) is 13.2 Å². The maximum atomic E-state index is 11.9. The Morgan fingerprint density at radius 1 is 1.33 bits per heavy atom. The maximum absolute atomic E-state index is 11.9. The molecule has 88 valence electrons. The second kappa shape index (κ2) is 4.99. The van der Waals surface area contributed by atoms with Gasteiger partial charge in [-0.15, -0.1) is 0 Å². The average Bonchev–Trinajstić information content (AvgIpc) is 2.61. The van der Waals surface area contributed by atoms with Gasteiger partial charge in [-0.1, -0.05) is 13.3 Å². The highest BCUT2D eigenvalue weighted by Gasteiger charge is 2.32. The summed E-state index contributed by atoms with van der Waals surface area (Å²) in [6, 6.07) is 0. The van der Waals surface area contributed by atoms with Gasteiger partial charge in [0.05, 0.1) is 6.42 Å². The lowest BCUT2D eigenvalue weighted by molar-refractivity contribution is -0.144. The van der Waals surface area contributed by atoms with Gasteiger partial charge in [0.2, 0.25) is 0 Å². The largest absolute Gasteiger partial charge is 0.389 e. The van der Waals surface area contributed by atoms with Crippen molar-refractivity contribution in [2.75, 3.05) is 0 Å². The van der Waals surface area contributed by atoms with E-state index in [0.717, 1.165) is 25.7 Å². The van der Waals surface area contributed by atoms with Gasteiger partial charge in [0.25, 0.3) is 0 Å². The van der Waals surface area contributed by atoms with Gasteiger partial charge >= 0.3 is 6.18 Å². The Kier molecular flexibility index (Phi) is 4.17. The van der Waals surface area contributed by atoms with Crippen molar-refractivity contribution >= 4 is 5.78 Å². The van der Waals surface area contributed by atoms with E-state index < -0.39 is 12.6 Å². The molecule has 0 N–H and O–H groups in total. The number of ketones is 1. The molecular weight excluding hydrogens is 205 g/mol. The first-order valence-electron chi connectivity index (χ1n) is 5.52. The molecule has 4 heteroatoms. The topological polar surface area (TPSA) is 17.1 Å². The average molecular weight is 222 g/mol. The van der Waals surface area contributed by atoms with Crippen molar-refractivity contribution in [2.24, 2.45) is 11.8 Å². The molecule has 1 rings (SSSR count). The number of carbonyl (C=O) groups excluding carboxylic acids is 1. The van der Waals surface area contributed by atoms with Crippen LogP contribution < -0.4 is 0 Å². The Hall–Kier alpha value is -0.540. The zero-order valence-corrected chi connectivity index (χ0v) is 8.94. The first kappa shape index (κ1) is 12.5. The molecule has 0 heterocycles. The van der Waals surface area contributed by atoms with Crippen LogP contribution in [0.25, 0.3) is 0 Å². The molecule has 1 fully saturated rings. The van der Waals surface area contributed by atoms with Gasteiger partial charge < -0.3 is 0 Å². The number of hydrogen-bond acceptors (Lipinski definition) is 1. The second-order valence-corrected chi connectivity index (χ2v) is 4.37. The Morgan fingerprint density at radius 3 is 2.47 bits per heavy atom. The number of alkyl halides is 3. The predicted molar refractivity (Wildman–Crippen MR) is 51.4 cm³/mol. The molecule has 0 radical (unpaired) electrons. The zero-order chi connectivity index (χ0) is 11.5. The van der Waals surface area contributed by atoms with E-state index in [2.05, 4.69) is 6.92 Å². The van der Waals surface area contributed by atoms with Crippen molar-refractivity contribution in [3.63, 3.8) is 0 Å². The molecule has 2 unspecified atom stereocenters. The van der Waals surface area contributed by atoms with E-state index in [4.69, 9.17) is 0 Å². The molecule has 0 bridgehead atoms. The summed E-state index contributed by atoms with van der Waals surface area (Å²) in [4.78, 5) is 11.5. The summed E-state index contributed by atoms with van der Waals surface area (Å²) in [7, 11) is 0. The minimum absolute atomic E-state index is 0.0997. The van der Waals surface area contributed by atoms with Gasteiger partial charge in [-0.2, -0.15) is 13.2 Å². The molecule has 0 amide bonds. The van der Waals surface area contributed by atoms with Crippen molar-refractivity contribution in [1.29, 1.82) is 0 Å². The molecule has 1 aliphatic carbocycles. The molecule has 0 aromatic rings. The highest BCUT2D eigenvalue weighted by atomic mass is 19.4. The molecule has 15 heavy (non-hydrogen) atoms. The van der Waals surface area contributed by atoms with Gasteiger partial charge in [-0.25, -0.2) is 0 Å². The van der Waals surface area contributed by atoms with Crippen molar-refractivity contribution < 1.29 is 18.0 Å². The summed E-state index contributed by atoms with van der Waals surface area (Å²) in [5, 5.41) is 0. The van der Waals surface area contributed by atoms with E-state index in [1.165, 1.54) is 0 Å². The lowest BCUT2D eigenvalue weighted by atomic mass is 9.96. The smallest absolute Gasteiger partial charge is 0.299 e. The van der Waals surface area contributed by atoms with E-state index >= 15 is 0 Å². The van der Waals surface area contributed by atoms with Gasteiger partial charge in [0, 0.05) is 12.3 Å². The second-order valence-electron chi connectivity index (χ2n) is 4.37. The third-order valence-corrected chi connectivity index (χ3v) is 3.23. The molecule has 0 saturated heterocycles. The minimum atomic E-state index is -4.20. The Labute approximate surface area is 88.0 Å². The lowest BCUT2D eigenvalue weighted by Gasteiger charge is -2.10. The summed E-state index contributed by atoms with van der Waals surface area (Å²) in [6.07, 6.45) is -1.87. The van der Waals surface area contributed by atoms with E-state index in [-0.39, 0.29) is 18.1 Å². The normalized spacial score (nSPS) is 26.9. The quantitative estimate of drug-likeness (QED) is 0.708. The third-order valence-electron chi connectivity index (χ3n) is 3.23. The van der Waals surface area contributed by atoms with Crippen LogP contribution in [0.2, 0.25) is 0 Å².